The highest BCUT2D eigenvalue weighted by Crippen LogP contribution is 2.15. The number of nitriles is 1. The van der Waals surface area contributed by atoms with Gasteiger partial charge in [-0.15, -0.1) is 17.8 Å². The summed E-state index contributed by atoms with van der Waals surface area (Å²) in [5, 5.41) is 17.3. The summed E-state index contributed by atoms with van der Waals surface area (Å²) in [6.45, 7) is 1.23. The van der Waals surface area contributed by atoms with Gasteiger partial charge in [0, 0.05) is 24.1 Å². The second kappa shape index (κ2) is 11.8. The second-order valence-electron chi connectivity index (χ2n) is 6.58. The van der Waals surface area contributed by atoms with Crippen molar-refractivity contribution in [2.75, 3.05) is 30.0 Å². The lowest BCUT2D eigenvalue weighted by atomic mass is 10.2. The molecule has 0 aliphatic rings. The molecule has 13 heteroatoms. The fourth-order valence-corrected chi connectivity index (χ4v) is 4.01. The van der Waals surface area contributed by atoms with Crippen molar-refractivity contribution in [3.05, 3.63) is 43.8 Å². The maximum atomic E-state index is 12.8. The number of hydrogen-bond donors (Lipinski definition) is 3. The number of carbonyl (C=O) groups is 2. The Morgan fingerprint density at radius 2 is 2.03 bits per heavy atom. The van der Waals surface area contributed by atoms with Crippen molar-refractivity contribution in [3.8, 4) is 18.4 Å². The molecule has 2 rings (SSSR count). The zero-order valence-electron chi connectivity index (χ0n) is 18.2. The van der Waals surface area contributed by atoms with Gasteiger partial charge < -0.3 is 16.0 Å². The number of terminal acetylenes is 1. The monoisotopic (exact) mass is 503 g/mol. The number of amides is 2. The van der Waals surface area contributed by atoms with Gasteiger partial charge in [-0.05, 0) is 25.1 Å². The van der Waals surface area contributed by atoms with E-state index >= 15 is 0 Å². The predicted octanol–water partition coefficient (Wildman–Crippen LogP) is -0.882. The topological polar surface area (TPSA) is 159 Å². The van der Waals surface area contributed by atoms with Crippen LogP contribution in [0.25, 0.3) is 11.8 Å². The Morgan fingerprint density at radius 1 is 1.32 bits per heavy atom. The molecule has 0 atom stereocenters. The van der Waals surface area contributed by atoms with E-state index in [-0.39, 0.29) is 27.9 Å². The molecule has 0 aliphatic carbocycles. The van der Waals surface area contributed by atoms with Crippen molar-refractivity contribution in [2.45, 2.75) is 13.5 Å². The Morgan fingerprint density at radius 3 is 2.65 bits per heavy atom. The van der Waals surface area contributed by atoms with Crippen LogP contribution < -0.4 is 30.7 Å². The molecule has 0 bridgehead atoms. The summed E-state index contributed by atoms with van der Waals surface area (Å²) in [6, 6.07) is 8.27. The van der Waals surface area contributed by atoms with Gasteiger partial charge in [-0.1, -0.05) is 12.0 Å². The Balaban J connectivity index is 2.32. The van der Waals surface area contributed by atoms with Gasteiger partial charge in [-0.2, -0.15) is 13.7 Å². The third kappa shape index (κ3) is 7.31. The first-order chi connectivity index (χ1) is 16.1. The molecule has 0 radical (unpaired) electrons. The molecule has 0 saturated heterocycles. The minimum absolute atomic E-state index is 0.0560. The minimum atomic E-state index is -3.75. The molecule has 0 aliphatic heterocycles. The molecular weight excluding hydrogens is 482 g/mol. The predicted molar refractivity (Wildman–Crippen MR) is 128 cm³/mol. The number of anilines is 2. The Labute approximate surface area is 199 Å². The van der Waals surface area contributed by atoms with E-state index in [4.69, 9.17) is 6.42 Å². The minimum Gasteiger partial charge on any atom is -0.360 e. The van der Waals surface area contributed by atoms with Crippen LogP contribution in [0.1, 0.15) is 6.92 Å². The number of hydrogen-bond acceptors (Lipinski definition) is 9. The summed E-state index contributed by atoms with van der Waals surface area (Å²) in [7, 11) is -3.75. The van der Waals surface area contributed by atoms with E-state index in [1.54, 1.807) is 31.2 Å². The van der Waals surface area contributed by atoms with Gasteiger partial charge in [0.25, 0.3) is 27.5 Å². The normalized spacial score (nSPS) is 12.3. The van der Waals surface area contributed by atoms with Crippen LogP contribution in [0.4, 0.5) is 11.4 Å². The summed E-state index contributed by atoms with van der Waals surface area (Å²) in [6.07, 6.45) is 7.39. The number of rotatable bonds is 9. The summed E-state index contributed by atoms with van der Waals surface area (Å²) in [5.74, 6) is 0.908. The molecule has 34 heavy (non-hydrogen) atoms. The van der Waals surface area contributed by atoms with Crippen molar-refractivity contribution >= 4 is 56.4 Å². The first-order valence-corrected chi connectivity index (χ1v) is 12.3. The third-order valence-electron chi connectivity index (χ3n) is 4.05. The molecule has 2 aromatic rings. The van der Waals surface area contributed by atoms with Crippen molar-refractivity contribution in [2.24, 2.45) is 0 Å². The van der Waals surface area contributed by atoms with Gasteiger partial charge in [-0.25, -0.2) is 0 Å². The van der Waals surface area contributed by atoms with E-state index in [9.17, 15) is 28.1 Å². The zero-order chi connectivity index (χ0) is 25.3. The van der Waals surface area contributed by atoms with Crippen LogP contribution in [0.2, 0.25) is 0 Å². The van der Waals surface area contributed by atoms with Crippen LogP contribution in [0, 0.1) is 23.7 Å². The fourth-order valence-electron chi connectivity index (χ4n) is 2.60. The molecule has 1 aromatic carbocycles. The molecule has 0 spiro atoms. The van der Waals surface area contributed by atoms with E-state index in [2.05, 4.69) is 26.1 Å². The van der Waals surface area contributed by atoms with Gasteiger partial charge in [0.1, 0.15) is 21.9 Å². The molecule has 3 N–H and O–H groups in total. The van der Waals surface area contributed by atoms with E-state index in [1.165, 1.54) is 10.8 Å². The fraction of sp³-hybridized carbons (Fsp3) is 0.238. The number of thiazole rings is 1. The molecule has 178 valence electrons. The maximum Gasteiger partial charge on any atom is 0.270 e. The van der Waals surface area contributed by atoms with Crippen molar-refractivity contribution in [1.29, 1.82) is 5.26 Å². The molecular formula is C21H21N5O6S2. The summed E-state index contributed by atoms with van der Waals surface area (Å²) >= 11 is 0.965. The van der Waals surface area contributed by atoms with Crippen LogP contribution in [-0.4, -0.2) is 44.2 Å². The maximum absolute atomic E-state index is 12.8. The van der Waals surface area contributed by atoms with Crippen molar-refractivity contribution in [3.63, 3.8) is 0 Å². The Bertz CT molecular complexity index is 1460. The second-order valence-corrected chi connectivity index (χ2v) is 9.25. The van der Waals surface area contributed by atoms with Crippen LogP contribution in [-0.2, 0) is 30.4 Å². The number of nitrogens with zero attached hydrogens (tertiary/aromatic N) is 2. The number of benzene rings is 1. The van der Waals surface area contributed by atoms with E-state index in [1.807, 2.05) is 6.07 Å². The standard InChI is InChI=1S/C21H21N5O6S2/c1-4-9-23-19(28)16(11-22)21-26(5-2)20(29)17(33-21)12-24-14-7-6-8-15(10-14)25-18(27)13-32-34(3,30)31/h1,6-8,10,12,24H,5,9,13H2,2-3H3,(H,23,28)(H,25,27). The van der Waals surface area contributed by atoms with Gasteiger partial charge >= 0.3 is 0 Å². The largest absolute Gasteiger partial charge is 0.360 e. The van der Waals surface area contributed by atoms with Gasteiger partial charge in [0.2, 0.25) is 0 Å². The summed E-state index contributed by atoms with van der Waals surface area (Å²) in [5.41, 5.74) is 0.258. The van der Waals surface area contributed by atoms with Crippen molar-refractivity contribution < 1.29 is 22.2 Å². The Hall–Kier alpha value is -3.91. The lowest BCUT2D eigenvalue weighted by molar-refractivity contribution is -0.118. The lowest BCUT2D eigenvalue weighted by Crippen LogP contribution is -2.34. The molecule has 1 heterocycles. The highest BCUT2D eigenvalue weighted by molar-refractivity contribution is 7.86. The van der Waals surface area contributed by atoms with Gasteiger partial charge in [-0.3, -0.25) is 23.1 Å². The highest BCUT2D eigenvalue weighted by Gasteiger charge is 2.14. The van der Waals surface area contributed by atoms with Gasteiger partial charge in [0.15, 0.2) is 5.57 Å². The average Bonchev–Trinajstić information content (AvgIpc) is 3.10. The molecule has 11 nitrogen and oxygen atoms in total. The molecule has 0 fully saturated rings. The average molecular weight is 504 g/mol. The first-order valence-electron chi connectivity index (χ1n) is 9.66. The van der Waals surface area contributed by atoms with Crippen molar-refractivity contribution in [1.82, 2.24) is 9.88 Å². The zero-order valence-corrected chi connectivity index (χ0v) is 19.9. The first kappa shape index (κ1) is 26.3. The van der Waals surface area contributed by atoms with Crippen LogP contribution in [0.3, 0.4) is 0 Å². The third-order valence-corrected chi connectivity index (χ3v) is 5.72. The SMILES string of the molecule is C#CCNC(=O)C(C#N)=c1sc(=CNc2cccc(NC(=O)COS(C)(=O)=O)c2)c(=O)n1CC. The summed E-state index contributed by atoms with van der Waals surface area (Å²) < 4.78 is 28.2. The number of nitrogens with one attached hydrogen (secondary N) is 3. The number of carbonyl (C=O) groups excluding carboxylic acids is 2. The quantitative estimate of drug-likeness (QED) is 0.294. The van der Waals surface area contributed by atoms with Gasteiger partial charge in [0.05, 0.1) is 12.8 Å². The molecule has 0 unspecified atom stereocenters. The molecule has 1 aromatic heterocycles. The molecule has 0 saturated carbocycles. The smallest absolute Gasteiger partial charge is 0.270 e. The molecule has 2 amide bonds. The summed E-state index contributed by atoms with van der Waals surface area (Å²) in [4.78, 5) is 36.8. The lowest BCUT2D eigenvalue weighted by Gasteiger charge is -2.07. The van der Waals surface area contributed by atoms with E-state index in [0.717, 1.165) is 17.6 Å². The number of aromatic nitrogens is 1. The van der Waals surface area contributed by atoms with Crippen LogP contribution >= 0.6 is 11.3 Å². The Kier molecular flexibility index (Phi) is 9.15. The van der Waals surface area contributed by atoms with Crippen LogP contribution in [0.15, 0.2) is 29.1 Å². The highest BCUT2D eigenvalue weighted by atomic mass is 32.2. The van der Waals surface area contributed by atoms with E-state index < -0.39 is 34.1 Å². The van der Waals surface area contributed by atoms with E-state index in [0.29, 0.717) is 11.4 Å². The van der Waals surface area contributed by atoms with Crippen LogP contribution in [0.5, 0.6) is 0 Å².